The predicted octanol–water partition coefficient (Wildman–Crippen LogP) is 0.885. The molecule has 0 fully saturated rings. The lowest BCUT2D eigenvalue weighted by Gasteiger charge is -2.20. The summed E-state index contributed by atoms with van der Waals surface area (Å²) in [4.78, 5) is 0. The predicted molar refractivity (Wildman–Crippen MR) is 62.1 cm³/mol. The van der Waals surface area contributed by atoms with Crippen LogP contribution in [0.25, 0.3) is 0 Å². The van der Waals surface area contributed by atoms with E-state index in [1.54, 1.807) is 27.7 Å². The van der Waals surface area contributed by atoms with Crippen LogP contribution in [0.2, 0.25) is 0 Å². The summed E-state index contributed by atoms with van der Waals surface area (Å²) in [6.45, 7) is 6.70. The Bertz CT molecular complexity index is 256. The molecule has 0 atom stereocenters. The zero-order chi connectivity index (χ0) is 13.6. The molecule has 0 saturated carbocycles. The van der Waals surface area contributed by atoms with Crippen LogP contribution >= 0.6 is 0 Å². The van der Waals surface area contributed by atoms with E-state index >= 15 is 0 Å². The van der Waals surface area contributed by atoms with E-state index in [0.717, 1.165) is 0 Å². The largest absolute Gasteiger partial charge is 0.386 e. The first-order valence-electron chi connectivity index (χ1n) is 4.42. The van der Waals surface area contributed by atoms with Crippen LogP contribution in [0, 0.1) is 10.8 Å². The SMILES string of the molecule is CC(C)(N=NC(C)(C)C(=N)N)C(=N)N.OO. The van der Waals surface area contributed by atoms with Crippen molar-refractivity contribution in [3.63, 3.8) is 0 Å². The number of azo groups is 1. The molecule has 0 saturated heterocycles. The standard InChI is InChI=1S/C8H18N6.H2O2/c1-7(2,5(9)10)13-14-8(3,4)6(11)12;1-2/h1-4H3,(H3,9,10)(H3,11,12);1-2H. The zero-order valence-corrected chi connectivity index (χ0v) is 9.94. The number of hydrogen-bond acceptors (Lipinski definition) is 6. The van der Waals surface area contributed by atoms with E-state index < -0.39 is 11.1 Å². The first-order valence-corrected chi connectivity index (χ1v) is 4.42. The quantitative estimate of drug-likeness (QED) is 0.139. The van der Waals surface area contributed by atoms with Crippen molar-refractivity contribution < 1.29 is 10.5 Å². The molecule has 0 aromatic rings. The van der Waals surface area contributed by atoms with Crippen LogP contribution in [0.3, 0.4) is 0 Å². The van der Waals surface area contributed by atoms with E-state index in [2.05, 4.69) is 10.2 Å². The van der Waals surface area contributed by atoms with Crippen molar-refractivity contribution >= 4 is 11.7 Å². The van der Waals surface area contributed by atoms with Crippen LogP contribution in [0.15, 0.2) is 10.2 Å². The molecule has 0 aromatic heterocycles. The maximum Gasteiger partial charge on any atom is 0.132 e. The highest BCUT2D eigenvalue weighted by atomic mass is 17.0. The molecule has 0 radical (unpaired) electrons. The lowest BCUT2D eigenvalue weighted by atomic mass is 10.1. The molecule has 0 heterocycles. The maximum atomic E-state index is 7.25. The highest BCUT2D eigenvalue weighted by molar-refractivity contribution is 5.87. The second-order valence-electron chi connectivity index (χ2n) is 4.15. The average molecular weight is 232 g/mol. The summed E-state index contributed by atoms with van der Waals surface area (Å²) in [5, 5.41) is 34.3. The Morgan fingerprint density at radius 1 is 0.875 bits per heavy atom. The Labute approximate surface area is 94.3 Å². The lowest BCUT2D eigenvalue weighted by molar-refractivity contribution is -0.176. The van der Waals surface area contributed by atoms with Gasteiger partial charge in [-0.3, -0.25) is 21.3 Å². The van der Waals surface area contributed by atoms with Crippen LogP contribution in [0.1, 0.15) is 27.7 Å². The average Bonchev–Trinajstić information content (AvgIpc) is 2.18. The highest BCUT2D eigenvalue weighted by Gasteiger charge is 2.25. The Balaban J connectivity index is 0. The summed E-state index contributed by atoms with van der Waals surface area (Å²) in [6.07, 6.45) is 0. The molecule has 94 valence electrons. The highest BCUT2D eigenvalue weighted by Crippen LogP contribution is 2.15. The smallest absolute Gasteiger partial charge is 0.132 e. The fraction of sp³-hybridized carbons (Fsp3) is 0.750. The zero-order valence-electron chi connectivity index (χ0n) is 9.94. The van der Waals surface area contributed by atoms with Crippen LogP contribution < -0.4 is 11.5 Å². The van der Waals surface area contributed by atoms with Gasteiger partial charge in [-0.1, -0.05) is 0 Å². The molecule has 0 unspecified atom stereocenters. The van der Waals surface area contributed by atoms with E-state index in [-0.39, 0.29) is 11.7 Å². The van der Waals surface area contributed by atoms with Gasteiger partial charge in [-0.2, -0.15) is 10.2 Å². The molecule has 0 spiro atoms. The van der Waals surface area contributed by atoms with E-state index in [9.17, 15) is 0 Å². The van der Waals surface area contributed by atoms with Gasteiger partial charge in [0.2, 0.25) is 0 Å². The second-order valence-corrected chi connectivity index (χ2v) is 4.15. The Kier molecular flexibility index (Phi) is 6.47. The van der Waals surface area contributed by atoms with Gasteiger partial charge in [0.25, 0.3) is 0 Å². The molecular formula is C8H20N6O2. The molecule has 0 bridgehead atoms. The number of nitrogens with one attached hydrogen (secondary N) is 2. The Hall–Kier alpha value is -1.54. The van der Waals surface area contributed by atoms with Crippen molar-refractivity contribution in [2.75, 3.05) is 0 Å². The molecule has 0 rings (SSSR count). The summed E-state index contributed by atoms with van der Waals surface area (Å²) >= 11 is 0. The van der Waals surface area contributed by atoms with E-state index in [4.69, 9.17) is 32.8 Å². The minimum Gasteiger partial charge on any atom is -0.386 e. The van der Waals surface area contributed by atoms with Gasteiger partial charge in [0.15, 0.2) is 0 Å². The Morgan fingerprint density at radius 3 is 1.19 bits per heavy atom. The number of nitrogens with zero attached hydrogens (tertiary/aromatic N) is 2. The summed E-state index contributed by atoms with van der Waals surface area (Å²) in [6, 6.07) is 0. The molecule has 0 aromatic carbocycles. The third-order valence-electron chi connectivity index (χ3n) is 1.87. The van der Waals surface area contributed by atoms with Gasteiger partial charge in [0.05, 0.1) is 0 Å². The van der Waals surface area contributed by atoms with Crippen molar-refractivity contribution in [3.05, 3.63) is 0 Å². The van der Waals surface area contributed by atoms with Crippen LogP contribution in [0.5, 0.6) is 0 Å². The number of nitrogens with two attached hydrogens (primary N) is 2. The number of hydrogen-bond donors (Lipinski definition) is 6. The maximum absolute atomic E-state index is 7.25. The van der Waals surface area contributed by atoms with Crippen LogP contribution in [-0.4, -0.2) is 33.3 Å². The molecule has 0 aliphatic carbocycles. The van der Waals surface area contributed by atoms with E-state index in [1.807, 2.05) is 0 Å². The Morgan fingerprint density at radius 2 is 1.06 bits per heavy atom. The normalized spacial score (nSPS) is 11.9. The molecule has 8 nitrogen and oxygen atoms in total. The van der Waals surface area contributed by atoms with E-state index in [0.29, 0.717) is 0 Å². The van der Waals surface area contributed by atoms with Gasteiger partial charge in [-0.15, -0.1) is 0 Å². The first kappa shape index (κ1) is 16.9. The summed E-state index contributed by atoms with van der Waals surface area (Å²) in [7, 11) is 0. The van der Waals surface area contributed by atoms with Gasteiger partial charge in [-0.25, -0.2) is 0 Å². The fourth-order valence-electron chi connectivity index (χ4n) is 0.358. The summed E-state index contributed by atoms with van der Waals surface area (Å²) < 4.78 is 0. The number of rotatable bonds is 4. The van der Waals surface area contributed by atoms with Gasteiger partial charge in [0.1, 0.15) is 22.7 Å². The van der Waals surface area contributed by atoms with Gasteiger partial charge >= 0.3 is 0 Å². The van der Waals surface area contributed by atoms with Gasteiger partial charge in [-0.05, 0) is 27.7 Å². The molecule has 0 aliphatic heterocycles. The third kappa shape index (κ3) is 5.37. The van der Waals surface area contributed by atoms with Gasteiger partial charge < -0.3 is 11.5 Å². The summed E-state index contributed by atoms with van der Waals surface area (Å²) in [5.41, 5.74) is 8.96. The molecular weight excluding hydrogens is 212 g/mol. The van der Waals surface area contributed by atoms with Crippen molar-refractivity contribution in [1.29, 1.82) is 10.8 Å². The number of amidine groups is 2. The minimum absolute atomic E-state index is 0.0689. The van der Waals surface area contributed by atoms with Gasteiger partial charge in [0, 0.05) is 0 Å². The van der Waals surface area contributed by atoms with Crippen molar-refractivity contribution in [2.24, 2.45) is 21.7 Å². The van der Waals surface area contributed by atoms with Crippen molar-refractivity contribution in [2.45, 2.75) is 38.8 Å². The fourth-order valence-corrected chi connectivity index (χ4v) is 0.358. The molecule has 8 heteroatoms. The molecule has 8 N–H and O–H groups in total. The lowest BCUT2D eigenvalue weighted by Crippen LogP contribution is -2.38. The summed E-state index contributed by atoms with van der Waals surface area (Å²) in [5.74, 6) is -0.138. The van der Waals surface area contributed by atoms with Crippen LogP contribution in [0.4, 0.5) is 0 Å². The molecule has 0 aliphatic rings. The molecule has 16 heavy (non-hydrogen) atoms. The van der Waals surface area contributed by atoms with Crippen LogP contribution in [-0.2, 0) is 0 Å². The first-order chi connectivity index (χ1) is 7.09. The second kappa shape index (κ2) is 6.13. The third-order valence-corrected chi connectivity index (χ3v) is 1.87. The van der Waals surface area contributed by atoms with E-state index in [1.165, 1.54) is 0 Å². The van der Waals surface area contributed by atoms with Crippen molar-refractivity contribution in [1.82, 2.24) is 0 Å². The minimum atomic E-state index is -0.841. The molecule has 0 amide bonds. The van der Waals surface area contributed by atoms with Crippen molar-refractivity contribution in [3.8, 4) is 0 Å². The topological polar surface area (TPSA) is 165 Å². The monoisotopic (exact) mass is 232 g/mol.